The Hall–Kier alpha value is -2.49. The van der Waals surface area contributed by atoms with Crippen molar-refractivity contribution in [1.29, 1.82) is 0 Å². The molecule has 0 saturated carbocycles. The fourth-order valence-electron chi connectivity index (χ4n) is 2.14. The highest BCUT2D eigenvalue weighted by Gasteiger charge is 2.15. The van der Waals surface area contributed by atoms with Gasteiger partial charge in [0.25, 0.3) is 5.91 Å². The van der Waals surface area contributed by atoms with Gasteiger partial charge >= 0.3 is 0 Å². The van der Waals surface area contributed by atoms with Gasteiger partial charge in [0.1, 0.15) is 11.5 Å². The summed E-state index contributed by atoms with van der Waals surface area (Å²) in [5, 5.41) is 2.89. The summed E-state index contributed by atoms with van der Waals surface area (Å²) in [5.41, 5.74) is 2.03. The number of aryl methyl sites for hydroxylation is 1. The molecule has 1 atom stereocenters. The van der Waals surface area contributed by atoms with E-state index in [-0.39, 0.29) is 5.91 Å². The lowest BCUT2D eigenvalue weighted by Gasteiger charge is -2.16. The Labute approximate surface area is 137 Å². The van der Waals surface area contributed by atoms with Crippen LogP contribution in [0.5, 0.6) is 11.5 Å². The van der Waals surface area contributed by atoms with Crippen molar-refractivity contribution in [1.82, 2.24) is 5.32 Å². The van der Waals surface area contributed by atoms with E-state index in [2.05, 4.69) is 5.32 Å². The molecule has 2 aromatic carbocycles. The lowest BCUT2D eigenvalue weighted by molar-refractivity contribution is -0.127. The molecule has 2 aromatic rings. The SMILES string of the molecule is CCOc1ccc(CNC(=O)[C@H](C)Oc2ccccc2C)cc1. The summed E-state index contributed by atoms with van der Waals surface area (Å²) < 4.78 is 11.1. The van der Waals surface area contributed by atoms with Gasteiger partial charge in [-0.3, -0.25) is 4.79 Å². The summed E-state index contributed by atoms with van der Waals surface area (Å²) in [7, 11) is 0. The van der Waals surface area contributed by atoms with E-state index in [4.69, 9.17) is 9.47 Å². The molecule has 0 heterocycles. The van der Waals surface area contributed by atoms with Gasteiger partial charge in [0, 0.05) is 6.54 Å². The Morgan fingerprint density at radius 2 is 1.83 bits per heavy atom. The minimum atomic E-state index is -0.543. The van der Waals surface area contributed by atoms with Gasteiger partial charge in [-0.05, 0) is 50.1 Å². The fourth-order valence-corrected chi connectivity index (χ4v) is 2.14. The molecule has 1 N–H and O–H groups in total. The van der Waals surface area contributed by atoms with Gasteiger partial charge in [0.15, 0.2) is 6.10 Å². The van der Waals surface area contributed by atoms with Crippen LogP contribution in [-0.4, -0.2) is 18.6 Å². The fraction of sp³-hybridized carbons (Fsp3) is 0.316. The van der Waals surface area contributed by atoms with Gasteiger partial charge in [-0.2, -0.15) is 0 Å². The Bertz CT molecular complexity index is 637. The van der Waals surface area contributed by atoms with E-state index < -0.39 is 6.10 Å². The molecule has 4 heteroatoms. The normalized spacial score (nSPS) is 11.6. The first kappa shape index (κ1) is 16.9. The second-order valence-electron chi connectivity index (χ2n) is 5.32. The van der Waals surface area contributed by atoms with Crippen LogP contribution in [0.1, 0.15) is 25.0 Å². The minimum Gasteiger partial charge on any atom is -0.494 e. The first-order chi connectivity index (χ1) is 11.1. The van der Waals surface area contributed by atoms with Crippen molar-refractivity contribution in [3.63, 3.8) is 0 Å². The lowest BCUT2D eigenvalue weighted by Crippen LogP contribution is -2.36. The number of carbonyl (C=O) groups is 1. The van der Waals surface area contributed by atoms with Crippen LogP contribution >= 0.6 is 0 Å². The van der Waals surface area contributed by atoms with Crippen LogP contribution in [0.2, 0.25) is 0 Å². The van der Waals surface area contributed by atoms with Crippen LogP contribution in [-0.2, 0) is 11.3 Å². The summed E-state index contributed by atoms with van der Waals surface area (Å²) in [6.45, 7) is 6.76. The smallest absolute Gasteiger partial charge is 0.261 e. The molecule has 0 aliphatic heterocycles. The zero-order valence-corrected chi connectivity index (χ0v) is 13.8. The van der Waals surface area contributed by atoms with Crippen molar-refractivity contribution in [3.8, 4) is 11.5 Å². The predicted octanol–water partition coefficient (Wildman–Crippen LogP) is 3.48. The van der Waals surface area contributed by atoms with E-state index in [1.54, 1.807) is 6.92 Å². The molecule has 0 fully saturated rings. The number of benzene rings is 2. The molecule has 0 saturated heterocycles. The van der Waals surface area contributed by atoms with Crippen LogP contribution in [0, 0.1) is 6.92 Å². The highest BCUT2D eigenvalue weighted by molar-refractivity contribution is 5.80. The third kappa shape index (κ3) is 5.02. The average Bonchev–Trinajstić information content (AvgIpc) is 2.56. The molecule has 0 spiro atoms. The molecular weight excluding hydrogens is 290 g/mol. The summed E-state index contributed by atoms with van der Waals surface area (Å²) in [6, 6.07) is 15.4. The first-order valence-corrected chi connectivity index (χ1v) is 7.82. The Kier molecular flexibility index (Phi) is 6.03. The van der Waals surface area contributed by atoms with E-state index >= 15 is 0 Å². The topological polar surface area (TPSA) is 47.6 Å². The summed E-state index contributed by atoms with van der Waals surface area (Å²) >= 11 is 0. The molecule has 0 bridgehead atoms. The maximum absolute atomic E-state index is 12.1. The van der Waals surface area contributed by atoms with Gasteiger partial charge < -0.3 is 14.8 Å². The van der Waals surface area contributed by atoms with Crippen molar-refractivity contribution in [2.75, 3.05) is 6.61 Å². The number of amides is 1. The minimum absolute atomic E-state index is 0.137. The van der Waals surface area contributed by atoms with Gasteiger partial charge in [0.2, 0.25) is 0 Å². The van der Waals surface area contributed by atoms with Crippen LogP contribution in [0.4, 0.5) is 0 Å². The average molecular weight is 313 g/mol. The first-order valence-electron chi connectivity index (χ1n) is 7.82. The molecule has 23 heavy (non-hydrogen) atoms. The molecule has 122 valence electrons. The lowest BCUT2D eigenvalue weighted by atomic mass is 10.2. The Balaban J connectivity index is 1.85. The quantitative estimate of drug-likeness (QED) is 0.851. The van der Waals surface area contributed by atoms with Crippen molar-refractivity contribution >= 4 is 5.91 Å². The molecule has 0 aliphatic carbocycles. The van der Waals surface area contributed by atoms with Crippen LogP contribution < -0.4 is 14.8 Å². The van der Waals surface area contributed by atoms with Crippen molar-refractivity contribution < 1.29 is 14.3 Å². The number of para-hydroxylation sites is 1. The largest absolute Gasteiger partial charge is 0.494 e. The van der Waals surface area contributed by atoms with E-state index in [0.717, 1.165) is 22.6 Å². The van der Waals surface area contributed by atoms with E-state index in [0.29, 0.717) is 13.2 Å². The van der Waals surface area contributed by atoms with Gasteiger partial charge in [0.05, 0.1) is 6.61 Å². The Morgan fingerprint density at radius 3 is 2.48 bits per heavy atom. The highest BCUT2D eigenvalue weighted by Crippen LogP contribution is 2.18. The number of rotatable bonds is 7. The van der Waals surface area contributed by atoms with Gasteiger partial charge in [-0.1, -0.05) is 30.3 Å². The van der Waals surface area contributed by atoms with E-state index in [9.17, 15) is 4.79 Å². The molecule has 4 nitrogen and oxygen atoms in total. The van der Waals surface area contributed by atoms with Gasteiger partial charge in [-0.15, -0.1) is 0 Å². The monoisotopic (exact) mass is 313 g/mol. The van der Waals surface area contributed by atoms with Crippen molar-refractivity contribution in [2.45, 2.75) is 33.4 Å². The standard InChI is InChI=1S/C19H23NO3/c1-4-22-17-11-9-16(10-12-17)13-20-19(21)15(3)23-18-8-6-5-7-14(18)2/h5-12,15H,4,13H2,1-3H3,(H,20,21)/t15-/m0/s1. The summed E-state index contributed by atoms with van der Waals surface area (Å²) in [5.74, 6) is 1.43. The maximum Gasteiger partial charge on any atom is 0.261 e. The van der Waals surface area contributed by atoms with Crippen LogP contribution in [0.25, 0.3) is 0 Å². The molecule has 0 radical (unpaired) electrons. The number of carbonyl (C=O) groups excluding carboxylic acids is 1. The second kappa shape index (κ2) is 8.22. The maximum atomic E-state index is 12.1. The van der Waals surface area contributed by atoms with Crippen LogP contribution in [0.15, 0.2) is 48.5 Å². The third-order valence-corrected chi connectivity index (χ3v) is 3.47. The summed E-state index contributed by atoms with van der Waals surface area (Å²) in [4.78, 5) is 12.1. The molecule has 0 unspecified atom stereocenters. The molecule has 0 aliphatic rings. The summed E-state index contributed by atoms with van der Waals surface area (Å²) in [6.07, 6.45) is -0.543. The van der Waals surface area contributed by atoms with E-state index in [1.807, 2.05) is 62.4 Å². The zero-order chi connectivity index (χ0) is 16.7. The highest BCUT2D eigenvalue weighted by atomic mass is 16.5. The second-order valence-corrected chi connectivity index (χ2v) is 5.32. The number of ether oxygens (including phenoxy) is 2. The predicted molar refractivity (Wildman–Crippen MR) is 90.7 cm³/mol. The number of nitrogens with one attached hydrogen (secondary N) is 1. The molecule has 2 rings (SSSR count). The number of hydrogen-bond donors (Lipinski definition) is 1. The van der Waals surface area contributed by atoms with Gasteiger partial charge in [-0.25, -0.2) is 0 Å². The molecule has 1 amide bonds. The number of hydrogen-bond acceptors (Lipinski definition) is 3. The Morgan fingerprint density at radius 1 is 1.13 bits per heavy atom. The zero-order valence-electron chi connectivity index (χ0n) is 13.8. The third-order valence-electron chi connectivity index (χ3n) is 3.47. The molecule has 0 aromatic heterocycles. The van der Waals surface area contributed by atoms with E-state index in [1.165, 1.54) is 0 Å². The molecular formula is C19H23NO3. The van der Waals surface area contributed by atoms with Crippen LogP contribution in [0.3, 0.4) is 0 Å². The van der Waals surface area contributed by atoms with Crippen molar-refractivity contribution in [2.24, 2.45) is 0 Å². The van der Waals surface area contributed by atoms with Crippen molar-refractivity contribution in [3.05, 3.63) is 59.7 Å².